The summed E-state index contributed by atoms with van der Waals surface area (Å²) in [6.07, 6.45) is 1.18. The first-order valence-corrected chi connectivity index (χ1v) is 5.98. The van der Waals surface area contributed by atoms with Gasteiger partial charge in [-0.15, -0.1) is 0 Å². The first-order valence-electron chi connectivity index (χ1n) is 5.98. The number of hydrogen-bond donors (Lipinski definition) is 3. The highest BCUT2D eigenvalue weighted by molar-refractivity contribution is 6.05. The van der Waals surface area contributed by atoms with Crippen molar-refractivity contribution in [2.45, 2.75) is 0 Å². The molecule has 20 heavy (non-hydrogen) atoms. The molecule has 0 fully saturated rings. The van der Waals surface area contributed by atoms with Crippen molar-refractivity contribution in [3.05, 3.63) is 52.4 Å². The first kappa shape index (κ1) is 13.7. The lowest BCUT2D eigenvalue weighted by molar-refractivity contribution is 0.102. The maximum Gasteiger partial charge on any atom is 0.260 e. The normalized spacial score (nSPS) is 10.1. The highest BCUT2D eigenvalue weighted by Gasteiger charge is 2.11. The lowest BCUT2D eigenvalue weighted by Crippen LogP contribution is -2.15. The van der Waals surface area contributed by atoms with Crippen LogP contribution in [0.2, 0.25) is 0 Å². The number of carbonyl (C=O) groups excluding carboxylic acids is 1. The summed E-state index contributed by atoms with van der Waals surface area (Å²) < 4.78 is 0. The maximum absolute atomic E-state index is 12.0. The third-order valence-electron chi connectivity index (χ3n) is 2.79. The van der Waals surface area contributed by atoms with Crippen molar-refractivity contribution in [1.82, 2.24) is 4.98 Å². The van der Waals surface area contributed by atoms with Crippen molar-refractivity contribution in [1.29, 1.82) is 0 Å². The van der Waals surface area contributed by atoms with Crippen LogP contribution in [-0.4, -0.2) is 30.1 Å². The van der Waals surface area contributed by atoms with Crippen LogP contribution in [0.3, 0.4) is 0 Å². The molecule has 2 rings (SSSR count). The number of aromatic hydroxyl groups is 1. The second-order valence-electron chi connectivity index (χ2n) is 4.49. The molecule has 0 radical (unpaired) electrons. The van der Waals surface area contributed by atoms with Crippen molar-refractivity contribution in [3.8, 4) is 5.75 Å². The summed E-state index contributed by atoms with van der Waals surface area (Å²) in [4.78, 5) is 27.2. The molecule has 6 nitrogen and oxygen atoms in total. The molecule has 3 N–H and O–H groups in total. The van der Waals surface area contributed by atoms with Gasteiger partial charge in [-0.2, -0.15) is 0 Å². The minimum absolute atomic E-state index is 0.0151. The summed E-state index contributed by atoms with van der Waals surface area (Å²) in [5.74, 6) is -0.840. The zero-order chi connectivity index (χ0) is 14.7. The second-order valence-corrected chi connectivity index (χ2v) is 4.49. The Labute approximate surface area is 115 Å². The van der Waals surface area contributed by atoms with E-state index in [9.17, 15) is 14.7 Å². The zero-order valence-electron chi connectivity index (χ0n) is 11.2. The van der Waals surface area contributed by atoms with E-state index in [2.05, 4.69) is 10.3 Å². The Hall–Kier alpha value is -2.76. The molecule has 0 aliphatic carbocycles. The van der Waals surface area contributed by atoms with E-state index in [0.29, 0.717) is 5.69 Å². The van der Waals surface area contributed by atoms with Gasteiger partial charge in [-0.1, -0.05) is 0 Å². The fourth-order valence-electron chi connectivity index (χ4n) is 1.68. The monoisotopic (exact) mass is 273 g/mol. The largest absolute Gasteiger partial charge is 0.507 e. The number of nitrogens with zero attached hydrogens (tertiary/aromatic N) is 1. The van der Waals surface area contributed by atoms with Gasteiger partial charge in [-0.05, 0) is 24.3 Å². The second kappa shape index (κ2) is 5.48. The van der Waals surface area contributed by atoms with Gasteiger partial charge in [0.15, 0.2) is 0 Å². The minimum atomic E-state index is -0.489. The van der Waals surface area contributed by atoms with E-state index in [0.717, 1.165) is 11.8 Å². The fraction of sp³-hybridized carbons (Fsp3) is 0.143. The molecule has 1 heterocycles. The average molecular weight is 273 g/mol. The van der Waals surface area contributed by atoms with Crippen LogP contribution in [0.1, 0.15) is 10.4 Å². The summed E-state index contributed by atoms with van der Waals surface area (Å²) in [6, 6.07) is 8.21. The number of pyridine rings is 1. The molecular formula is C14H15N3O3. The van der Waals surface area contributed by atoms with Crippen LogP contribution in [0.5, 0.6) is 5.75 Å². The van der Waals surface area contributed by atoms with Crippen LogP contribution in [0, 0.1) is 0 Å². The molecule has 1 aromatic heterocycles. The van der Waals surface area contributed by atoms with Crippen molar-refractivity contribution >= 4 is 17.3 Å². The summed E-state index contributed by atoms with van der Waals surface area (Å²) in [7, 11) is 3.85. The molecule has 0 saturated heterocycles. The Morgan fingerprint density at radius 3 is 2.45 bits per heavy atom. The third-order valence-corrected chi connectivity index (χ3v) is 2.79. The number of nitrogens with one attached hydrogen (secondary N) is 2. The Morgan fingerprint density at radius 2 is 1.90 bits per heavy atom. The number of H-pyrrole nitrogens is 1. The molecule has 1 amide bonds. The molecule has 0 spiro atoms. The highest BCUT2D eigenvalue weighted by Crippen LogP contribution is 2.18. The number of hydrogen-bond acceptors (Lipinski definition) is 4. The van der Waals surface area contributed by atoms with E-state index >= 15 is 0 Å². The molecule has 104 valence electrons. The number of anilines is 2. The molecule has 0 bridgehead atoms. The Balaban J connectivity index is 2.17. The van der Waals surface area contributed by atoms with E-state index in [4.69, 9.17) is 0 Å². The van der Waals surface area contributed by atoms with E-state index in [1.54, 1.807) is 12.1 Å². The number of benzene rings is 1. The Morgan fingerprint density at radius 1 is 1.25 bits per heavy atom. The van der Waals surface area contributed by atoms with Gasteiger partial charge in [-0.25, -0.2) is 0 Å². The fourth-order valence-corrected chi connectivity index (χ4v) is 1.68. The SMILES string of the molecule is CN(C)c1ccc(NC(=O)c2c[nH]c(=O)cc2O)cc1. The van der Waals surface area contributed by atoms with Crippen LogP contribution in [-0.2, 0) is 0 Å². The van der Waals surface area contributed by atoms with Crippen molar-refractivity contribution < 1.29 is 9.90 Å². The lowest BCUT2D eigenvalue weighted by atomic mass is 10.2. The van der Waals surface area contributed by atoms with E-state index in [-0.39, 0.29) is 11.3 Å². The molecule has 2 aromatic rings. The van der Waals surface area contributed by atoms with Crippen LogP contribution in [0.25, 0.3) is 0 Å². The van der Waals surface area contributed by atoms with Crippen molar-refractivity contribution in [2.24, 2.45) is 0 Å². The van der Waals surface area contributed by atoms with Gasteiger partial charge in [-0.3, -0.25) is 9.59 Å². The summed E-state index contributed by atoms with van der Waals surface area (Å²) in [6.45, 7) is 0. The topological polar surface area (TPSA) is 85.4 Å². The smallest absolute Gasteiger partial charge is 0.260 e. The van der Waals surface area contributed by atoms with E-state index in [1.807, 2.05) is 31.1 Å². The van der Waals surface area contributed by atoms with Gasteiger partial charge >= 0.3 is 0 Å². The van der Waals surface area contributed by atoms with Crippen molar-refractivity contribution in [2.75, 3.05) is 24.3 Å². The predicted molar refractivity (Wildman–Crippen MR) is 77.4 cm³/mol. The van der Waals surface area contributed by atoms with E-state index < -0.39 is 11.5 Å². The van der Waals surface area contributed by atoms with Crippen LogP contribution >= 0.6 is 0 Å². The van der Waals surface area contributed by atoms with Gasteiger partial charge in [0.05, 0.1) is 5.56 Å². The van der Waals surface area contributed by atoms with Crippen molar-refractivity contribution in [3.63, 3.8) is 0 Å². The standard InChI is InChI=1S/C14H15N3O3/c1-17(2)10-5-3-9(4-6-10)16-14(20)11-8-15-13(19)7-12(11)18/h3-8H,1-2H3,(H,16,20)(H2,15,18,19). The zero-order valence-corrected chi connectivity index (χ0v) is 11.2. The average Bonchev–Trinajstić information content (AvgIpc) is 2.39. The maximum atomic E-state index is 12.0. The third kappa shape index (κ3) is 2.97. The van der Waals surface area contributed by atoms with Gasteiger partial charge in [0.25, 0.3) is 11.5 Å². The minimum Gasteiger partial charge on any atom is -0.507 e. The molecule has 0 aliphatic heterocycles. The van der Waals surface area contributed by atoms with Crippen LogP contribution < -0.4 is 15.8 Å². The molecule has 6 heteroatoms. The summed E-state index contributed by atoms with van der Waals surface area (Å²) in [5.41, 5.74) is 1.16. The molecule has 0 atom stereocenters. The number of rotatable bonds is 3. The Kier molecular flexibility index (Phi) is 3.74. The molecule has 0 aliphatic rings. The lowest BCUT2D eigenvalue weighted by Gasteiger charge is -2.13. The van der Waals surface area contributed by atoms with Gasteiger partial charge in [0.1, 0.15) is 5.75 Å². The van der Waals surface area contributed by atoms with Gasteiger partial charge < -0.3 is 20.3 Å². The first-order chi connectivity index (χ1) is 9.47. The van der Waals surface area contributed by atoms with Crippen LogP contribution in [0.15, 0.2) is 41.3 Å². The number of amides is 1. The number of aromatic amines is 1. The van der Waals surface area contributed by atoms with Gasteiger partial charge in [0.2, 0.25) is 0 Å². The predicted octanol–water partition coefficient (Wildman–Crippen LogP) is 1.40. The molecule has 0 unspecified atom stereocenters. The quantitative estimate of drug-likeness (QED) is 0.789. The summed E-state index contributed by atoms with van der Waals surface area (Å²) >= 11 is 0. The molecule has 0 saturated carbocycles. The number of aromatic nitrogens is 1. The Bertz CT molecular complexity index is 675. The van der Waals surface area contributed by atoms with Crippen LogP contribution in [0.4, 0.5) is 11.4 Å². The number of carbonyl (C=O) groups is 1. The summed E-state index contributed by atoms with van der Waals surface area (Å²) in [5, 5.41) is 12.2. The molecule has 1 aromatic carbocycles. The van der Waals surface area contributed by atoms with E-state index in [1.165, 1.54) is 6.20 Å². The highest BCUT2D eigenvalue weighted by atomic mass is 16.3. The molecular weight excluding hydrogens is 258 g/mol. The van der Waals surface area contributed by atoms with Gasteiger partial charge in [0, 0.05) is 37.7 Å².